The molecule has 0 unspecified atom stereocenters. The number of hydrogen-bond acceptors (Lipinski definition) is 3. The minimum Gasteiger partial charge on any atom is -0.721 e. The van der Waals surface area contributed by atoms with E-state index in [9.17, 15) is 0 Å². The van der Waals surface area contributed by atoms with Crippen LogP contribution in [0.15, 0.2) is 64.2 Å². The monoisotopic (exact) mass is 513 g/mol. The second kappa shape index (κ2) is 10.1. The maximum absolute atomic E-state index is 5.07. The van der Waals surface area contributed by atoms with Crippen molar-refractivity contribution in [1.82, 2.24) is 4.98 Å². The summed E-state index contributed by atoms with van der Waals surface area (Å²) in [5.41, 5.74) is 1.58. The van der Waals surface area contributed by atoms with E-state index in [4.69, 9.17) is 17.0 Å². The molecule has 0 aliphatic heterocycles. The van der Waals surface area contributed by atoms with E-state index >= 15 is 0 Å². The van der Waals surface area contributed by atoms with Gasteiger partial charge in [0.1, 0.15) is 5.52 Å². The summed E-state index contributed by atoms with van der Waals surface area (Å²) in [5.74, 6) is 0. The van der Waals surface area contributed by atoms with Crippen molar-refractivity contribution in [3.63, 3.8) is 0 Å². The van der Waals surface area contributed by atoms with Crippen molar-refractivity contribution < 1.29 is 26.8 Å². The summed E-state index contributed by atoms with van der Waals surface area (Å²) in [4.78, 5) is 3.96. The second-order valence-corrected chi connectivity index (χ2v) is 7.67. The van der Waals surface area contributed by atoms with E-state index in [1.54, 1.807) is 5.30 Å². The Hall–Kier alpha value is -0.700. The van der Waals surface area contributed by atoms with Crippen molar-refractivity contribution in [3.05, 3.63) is 54.6 Å². The number of nitrogens with zero attached hydrogens (tertiary/aromatic N) is 1. The Balaban J connectivity index is 0.000000211. The maximum Gasteiger partial charge on any atom is 1.00 e. The molecule has 0 aliphatic carbocycles. The van der Waals surface area contributed by atoms with Crippen molar-refractivity contribution in [1.29, 1.82) is 0 Å². The number of oxazole rings is 1. The van der Waals surface area contributed by atoms with Crippen LogP contribution in [0.4, 0.5) is 0 Å². The molecule has 0 saturated heterocycles. The molecule has 0 amide bonds. The maximum atomic E-state index is 5.07. The first-order valence-corrected chi connectivity index (χ1v) is 9.19. The predicted molar refractivity (Wildman–Crippen MR) is 93.7 cm³/mol. The number of benzene rings is 2. The fourth-order valence-electron chi connectivity index (χ4n) is 2.08. The summed E-state index contributed by atoms with van der Waals surface area (Å²) >= 11 is 4.74. The first-order chi connectivity index (χ1) is 10.2. The van der Waals surface area contributed by atoms with Crippen LogP contribution in [0, 0.1) is 0 Å². The quantitative estimate of drug-likeness (QED) is 0.292. The number of para-hydroxylation sites is 2. The molecule has 3 rings (SSSR count). The van der Waals surface area contributed by atoms with Gasteiger partial charge in [-0.2, -0.15) is 0 Å². The van der Waals surface area contributed by atoms with Gasteiger partial charge in [-0.05, 0) is 29.8 Å². The minimum atomic E-state index is 0. The Morgan fingerprint density at radius 3 is 2.14 bits per heavy atom. The normalized spacial score (nSPS) is 9.95. The van der Waals surface area contributed by atoms with Gasteiger partial charge in [-0.1, -0.05) is 64.2 Å². The van der Waals surface area contributed by atoms with Gasteiger partial charge in [-0.15, -0.1) is 0 Å². The molecule has 3 aromatic rings. The molecule has 0 N–H and O–H groups in total. The fraction of sp³-hybridized carbons (Fsp3) is 0.235. The Kier molecular flexibility index (Phi) is 8.92. The van der Waals surface area contributed by atoms with Crippen LogP contribution >= 0.6 is 7.92 Å². The summed E-state index contributed by atoms with van der Waals surface area (Å²) in [5, 5.41) is 1.86. The smallest absolute Gasteiger partial charge is 0.721 e. The van der Waals surface area contributed by atoms with E-state index in [0.717, 1.165) is 11.1 Å². The standard InChI is InChI=1S/C10H15P.C7H5NOS.Au/c1-3-11(4-2)10-8-6-5-7-9-10;10-7-8-5-3-1-2-4-6(5)9-7;/h5-9H,3-4H2,1-2H3;1-4H,(H,8,10);/q;;+1/p-1. The van der Waals surface area contributed by atoms with Crippen molar-refractivity contribution in [2.45, 2.75) is 19.1 Å². The third-order valence-electron chi connectivity index (χ3n) is 3.16. The Morgan fingerprint density at radius 2 is 1.55 bits per heavy atom. The molecule has 22 heavy (non-hydrogen) atoms. The average Bonchev–Trinajstić information content (AvgIpc) is 2.90. The SMILES string of the molecule is CCP(CC)c1ccccc1.[Au+].[S-]c1nc2ccccc2o1. The molecule has 2 aromatic carbocycles. The van der Waals surface area contributed by atoms with Crippen molar-refractivity contribution in [3.8, 4) is 0 Å². The van der Waals surface area contributed by atoms with Crippen LogP contribution in [0.3, 0.4) is 0 Å². The molecular weight excluding hydrogens is 494 g/mol. The van der Waals surface area contributed by atoms with Crippen molar-refractivity contribution in [2.75, 3.05) is 12.3 Å². The van der Waals surface area contributed by atoms with Crippen LogP contribution in [-0.4, -0.2) is 17.3 Å². The van der Waals surface area contributed by atoms with Gasteiger partial charge in [0.15, 0.2) is 5.58 Å². The zero-order chi connectivity index (χ0) is 15.1. The topological polar surface area (TPSA) is 26.0 Å². The predicted octanol–water partition coefficient (Wildman–Crippen LogP) is 4.56. The van der Waals surface area contributed by atoms with Gasteiger partial charge >= 0.3 is 22.4 Å². The molecule has 120 valence electrons. The van der Waals surface area contributed by atoms with Crippen LogP contribution in [-0.2, 0) is 35.0 Å². The zero-order valence-corrected chi connectivity index (χ0v) is 16.5. The molecule has 1 aromatic heterocycles. The van der Waals surface area contributed by atoms with Gasteiger partial charge in [0.2, 0.25) is 0 Å². The number of fused-ring (bicyclic) bond motifs is 1. The summed E-state index contributed by atoms with van der Waals surface area (Å²) in [6, 6.07) is 18.4. The average molecular weight is 513 g/mol. The Bertz CT molecular complexity index is 637. The molecule has 0 bridgehead atoms. The van der Waals surface area contributed by atoms with Crippen molar-refractivity contribution >= 4 is 37.0 Å². The zero-order valence-electron chi connectivity index (χ0n) is 12.6. The number of rotatable bonds is 3. The van der Waals surface area contributed by atoms with Crippen LogP contribution in [0.1, 0.15) is 13.8 Å². The van der Waals surface area contributed by atoms with Crippen LogP contribution < -0.4 is 5.30 Å². The molecule has 1 heterocycles. The number of hydrogen-bond donors (Lipinski definition) is 0. The largest absolute Gasteiger partial charge is 1.00 e. The minimum absolute atomic E-state index is 0. The van der Waals surface area contributed by atoms with E-state index in [-0.39, 0.29) is 30.3 Å². The fourth-order valence-corrected chi connectivity index (χ4v) is 4.04. The van der Waals surface area contributed by atoms with E-state index in [1.165, 1.54) is 12.3 Å². The summed E-state index contributed by atoms with van der Waals surface area (Å²) in [6.07, 6.45) is 2.63. The van der Waals surface area contributed by atoms with Gasteiger partial charge in [-0.3, -0.25) is 0 Å². The molecule has 5 heteroatoms. The first kappa shape index (κ1) is 19.3. The van der Waals surface area contributed by atoms with Crippen LogP contribution in [0.5, 0.6) is 0 Å². The Morgan fingerprint density at radius 1 is 0.955 bits per heavy atom. The van der Waals surface area contributed by atoms with Crippen LogP contribution in [0.2, 0.25) is 0 Å². The van der Waals surface area contributed by atoms with Crippen LogP contribution in [0.25, 0.3) is 11.1 Å². The first-order valence-electron chi connectivity index (χ1n) is 7.07. The van der Waals surface area contributed by atoms with E-state index < -0.39 is 0 Å². The molecule has 0 aliphatic rings. The third kappa shape index (κ3) is 5.49. The summed E-state index contributed by atoms with van der Waals surface area (Å²) in [7, 11) is 0.149. The molecule has 0 radical (unpaired) electrons. The second-order valence-electron chi connectivity index (χ2n) is 4.46. The molecule has 0 atom stereocenters. The molecule has 0 fully saturated rings. The Labute approximate surface area is 154 Å². The molecular formula is C17H19AuNOPS. The molecule has 0 spiro atoms. The molecule has 0 saturated carbocycles. The third-order valence-corrected chi connectivity index (χ3v) is 5.89. The van der Waals surface area contributed by atoms with E-state index in [1.807, 2.05) is 24.3 Å². The van der Waals surface area contributed by atoms with Gasteiger partial charge in [0.05, 0.1) is 5.22 Å². The van der Waals surface area contributed by atoms with E-state index in [0.29, 0.717) is 5.22 Å². The van der Waals surface area contributed by atoms with Gasteiger partial charge in [0.25, 0.3) is 0 Å². The van der Waals surface area contributed by atoms with Gasteiger partial charge in [-0.25, -0.2) is 4.98 Å². The van der Waals surface area contributed by atoms with E-state index in [2.05, 4.69) is 49.2 Å². The molecule has 2 nitrogen and oxygen atoms in total. The van der Waals surface area contributed by atoms with Gasteiger partial charge < -0.3 is 17.0 Å². The summed E-state index contributed by atoms with van der Waals surface area (Å²) < 4.78 is 5.07. The van der Waals surface area contributed by atoms with Gasteiger partial charge in [0, 0.05) is 0 Å². The number of aromatic nitrogens is 1. The summed E-state index contributed by atoms with van der Waals surface area (Å²) in [6.45, 7) is 4.56. The van der Waals surface area contributed by atoms with Crippen molar-refractivity contribution in [2.24, 2.45) is 0 Å².